The van der Waals surface area contributed by atoms with Gasteiger partial charge in [-0.1, -0.05) is 42.1 Å². The number of nitrogens with one attached hydrogen (secondary N) is 3. The molecule has 1 aromatic heterocycles. The van der Waals surface area contributed by atoms with Crippen LogP contribution in [0.3, 0.4) is 0 Å². The van der Waals surface area contributed by atoms with E-state index in [1.165, 1.54) is 12.1 Å². The molecule has 0 spiro atoms. The molecule has 2 unspecified atom stereocenters. The first-order chi connectivity index (χ1) is 31.5. The van der Waals surface area contributed by atoms with Gasteiger partial charge in [0, 0.05) is 78.2 Å². The van der Waals surface area contributed by atoms with E-state index in [1.54, 1.807) is 54.3 Å². The van der Waals surface area contributed by atoms with Crippen LogP contribution < -0.4 is 26.4 Å². The maximum atomic E-state index is 14.1. The van der Waals surface area contributed by atoms with Crippen molar-refractivity contribution in [3.63, 3.8) is 0 Å². The first kappa shape index (κ1) is 47.3. The number of nitrogens with two attached hydrogens (primary N) is 1. The summed E-state index contributed by atoms with van der Waals surface area (Å²) in [7, 11) is 0. The second-order valence-electron chi connectivity index (χ2n) is 16.5. The fourth-order valence-electron chi connectivity index (χ4n) is 8.58. The number of nitrogens with zero attached hydrogens (tertiary/aromatic N) is 5. The summed E-state index contributed by atoms with van der Waals surface area (Å²) in [5.74, 6) is -3.84. The highest BCUT2D eigenvalue weighted by atomic mass is 35.5. The number of anilines is 3. The molecule has 346 valence electrons. The van der Waals surface area contributed by atoms with Crippen molar-refractivity contribution >= 4 is 81.7 Å². The van der Waals surface area contributed by atoms with E-state index in [0.29, 0.717) is 49.4 Å². The van der Waals surface area contributed by atoms with Gasteiger partial charge in [0.1, 0.15) is 18.0 Å². The Hall–Kier alpha value is -6.66. The molecule has 3 aromatic carbocycles. The molecule has 5 N–H and O–H groups in total. The molecule has 2 saturated heterocycles. The van der Waals surface area contributed by atoms with E-state index in [-0.39, 0.29) is 80.7 Å². The van der Waals surface area contributed by atoms with Crippen molar-refractivity contribution in [1.29, 1.82) is 0 Å². The maximum Gasteiger partial charge on any atom is 0.276 e. The molecule has 7 amide bonds. The largest absolute Gasteiger partial charge is 0.482 e. The van der Waals surface area contributed by atoms with E-state index >= 15 is 0 Å². The Morgan fingerprint density at radius 3 is 2.36 bits per heavy atom. The number of benzene rings is 3. The highest BCUT2D eigenvalue weighted by Gasteiger charge is 2.45. The average molecular weight is 945 g/mol. The Labute approximate surface area is 389 Å². The van der Waals surface area contributed by atoms with Gasteiger partial charge in [0.25, 0.3) is 23.6 Å². The molecule has 4 heterocycles. The van der Waals surface area contributed by atoms with Gasteiger partial charge in [0.15, 0.2) is 17.3 Å². The van der Waals surface area contributed by atoms with E-state index in [9.17, 15) is 38.0 Å². The van der Waals surface area contributed by atoms with Crippen molar-refractivity contribution in [2.45, 2.75) is 89.9 Å². The van der Waals surface area contributed by atoms with E-state index in [2.05, 4.69) is 26.1 Å². The molecule has 4 atom stereocenters. The van der Waals surface area contributed by atoms with Crippen LogP contribution in [0.25, 0.3) is 0 Å². The third-order valence-electron chi connectivity index (χ3n) is 11.8. The number of piperazine rings is 1. The van der Waals surface area contributed by atoms with Crippen LogP contribution in [-0.4, -0.2) is 104 Å². The molecule has 17 nitrogen and oxygen atoms in total. The minimum atomic E-state index is -1.04. The molecule has 3 aliphatic heterocycles. The van der Waals surface area contributed by atoms with Gasteiger partial charge in [0.2, 0.25) is 17.7 Å². The number of ether oxygens (including phenoxy) is 1. The highest BCUT2D eigenvalue weighted by molar-refractivity contribution is 6.36. The van der Waals surface area contributed by atoms with Crippen molar-refractivity contribution in [2.75, 3.05) is 36.0 Å². The highest BCUT2D eigenvalue weighted by Crippen LogP contribution is 2.36. The maximum absolute atomic E-state index is 14.1. The van der Waals surface area contributed by atoms with Gasteiger partial charge >= 0.3 is 0 Å². The number of imide groups is 2. The average Bonchev–Trinajstić information content (AvgIpc) is 3.53. The van der Waals surface area contributed by atoms with Crippen molar-refractivity contribution in [1.82, 2.24) is 30.2 Å². The molecular formula is C46H48Cl2FN9O8. The monoisotopic (exact) mass is 943 g/mol. The standard InChI is InChI=1S/C46H48Cl2FN9O8/c1-24-22-56(44(63)27-12-14-28(15-13-27)52-42(61)33-21-35(41(50)55-54-33)66-26(3)38-30(47)16-17-31(49)40(38)48)23-25(2)57(24)37(60)11-6-4-5-7-20-51-32-10-8-9-29-39(32)46(65)58(45(29)64)34-18-19-36(59)53-43(34)62/h8-10,12-17,21,24-26,34,51H,4-7,11,18-20,22-23H2,1-3H3,(H2,50,55)(H,52,61)(H,53,59,62)/t24-,25+,26?,34?. The fourth-order valence-corrected chi connectivity index (χ4v) is 9.26. The van der Waals surface area contributed by atoms with E-state index in [4.69, 9.17) is 33.7 Å². The summed E-state index contributed by atoms with van der Waals surface area (Å²) >= 11 is 12.4. The lowest BCUT2D eigenvalue weighted by atomic mass is 10.0. The number of carbonyl (C=O) groups is 7. The SMILES string of the molecule is CC(Oc1cc(C(=O)Nc2ccc(C(=O)N3C[C@@H](C)N(C(=O)CCCCCCNc4cccc5c4C(=O)N(C4CCC(=O)NC4=O)C5=O)[C@@H](C)C3)cc2)nnc1N)c1c(Cl)ccc(F)c1Cl. The Balaban J connectivity index is 0.839. The van der Waals surface area contributed by atoms with Crippen LogP contribution in [0.15, 0.2) is 60.7 Å². The molecule has 2 fully saturated rings. The summed E-state index contributed by atoms with van der Waals surface area (Å²) in [6.07, 6.45) is 2.66. The van der Waals surface area contributed by atoms with Gasteiger partial charge in [0.05, 0.1) is 16.1 Å². The van der Waals surface area contributed by atoms with Crippen molar-refractivity contribution in [3.05, 3.63) is 104 Å². The zero-order valence-electron chi connectivity index (χ0n) is 36.4. The van der Waals surface area contributed by atoms with Gasteiger partial charge in [-0.3, -0.25) is 43.8 Å². The molecular weight excluding hydrogens is 896 g/mol. The first-order valence-electron chi connectivity index (χ1n) is 21.6. The lowest BCUT2D eigenvalue weighted by molar-refractivity contribution is -0.139. The fraction of sp³-hybridized carbons (Fsp3) is 0.370. The topological polar surface area (TPSA) is 226 Å². The molecule has 0 aliphatic carbocycles. The number of rotatable bonds is 15. The van der Waals surface area contributed by atoms with Crippen molar-refractivity contribution < 1.29 is 42.7 Å². The zero-order valence-corrected chi connectivity index (χ0v) is 37.9. The van der Waals surface area contributed by atoms with Crippen LogP contribution in [0.1, 0.15) is 119 Å². The molecule has 3 aliphatic rings. The van der Waals surface area contributed by atoms with Crippen LogP contribution in [0.5, 0.6) is 5.75 Å². The second-order valence-corrected chi connectivity index (χ2v) is 17.3. The molecule has 7 rings (SSSR count). The van der Waals surface area contributed by atoms with Gasteiger partial charge < -0.3 is 30.9 Å². The van der Waals surface area contributed by atoms with E-state index in [0.717, 1.165) is 30.2 Å². The number of unbranched alkanes of at least 4 members (excludes halogenated alkanes) is 3. The summed E-state index contributed by atoms with van der Waals surface area (Å²) in [6.45, 7) is 6.64. The Bertz CT molecular complexity index is 2590. The van der Waals surface area contributed by atoms with Gasteiger partial charge in [-0.2, -0.15) is 0 Å². The number of hydrogen-bond donors (Lipinski definition) is 4. The molecule has 20 heteroatoms. The first-order valence-corrected chi connectivity index (χ1v) is 22.3. The van der Waals surface area contributed by atoms with Crippen LogP contribution >= 0.6 is 23.2 Å². The Morgan fingerprint density at radius 1 is 0.939 bits per heavy atom. The lowest BCUT2D eigenvalue weighted by Gasteiger charge is -2.44. The molecule has 66 heavy (non-hydrogen) atoms. The van der Waals surface area contributed by atoms with Gasteiger partial charge in [-0.05, 0) is 88.6 Å². The quantitative estimate of drug-likeness (QED) is 0.0575. The number of nitrogen functional groups attached to an aromatic ring is 1. The summed E-state index contributed by atoms with van der Waals surface area (Å²) in [5, 5.41) is 15.8. The number of piperidine rings is 1. The van der Waals surface area contributed by atoms with Crippen LogP contribution in [-0.2, 0) is 14.4 Å². The Morgan fingerprint density at radius 2 is 1.65 bits per heavy atom. The number of halogens is 3. The molecule has 4 aromatic rings. The minimum Gasteiger partial charge on any atom is -0.482 e. The van der Waals surface area contributed by atoms with Crippen molar-refractivity contribution in [2.24, 2.45) is 0 Å². The zero-order chi connectivity index (χ0) is 47.4. The number of fused-ring (bicyclic) bond motifs is 1. The number of carbonyl (C=O) groups excluding carboxylic acids is 7. The van der Waals surface area contributed by atoms with Gasteiger partial charge in [-0.25, -0.2) is 4.39 Å². The summed E-state index contributed by atoms with van der Waals surface area (Å²) in [4.78, 5) is 95.2. The third kappa shape index (κ3) is 10.1. The predicted octanol–water partition coefficient (Wildman–Crippen LogP) is 6.42. The Kier molecular flexibility index (Phi) is 14.5. The molecule has 0 bridgehead atoms. The number of hydrogen-bond acceptors (Lipinski definition) is 12. The minimum absolute atomic E-state index is 0.00411. The molecule has 0 saturated carbocycles. The summed E-state index contributed by atoms with van der Waals surface area (Å²) in [6, 6.07) is 13.6. The smallest absolute Gasteiger partial charge is 0.276 e. The van der Waals surface area contributed by atoms with Crippen LogP contribution in [0.2, 0.25) is 10.0 Å². The normalized spacial score (nSPS) is 18.8. The van der Waals surface area contributed by atoms with Crippen LogP contribution in [0, 0.1) is 5.82 Å². The van der Waals surface area contributed by atoms with Crippen molar-refractivity contribution in [3.8, 4) is 5.75 Å². The predicted molar refractivity (Wildman–Crippen MR) is 243 cm³/mol. The number of amides is 7. The summed E-state index contributed by atoms with van der Waals surface area (Å²) < 4.78 is 20.0. The van der Waals surface area contributed by atoms with Gasteiger partial charge in [-0.15, -0.1) is 10.2 Å². The summed E-state index contributed by atoms with van der Waals surface area (Å²) in [5.41, 5.74) is 7.74. The van der Waals surface area contributed by atoms with E-state index in [1.807, 2.05) is 18.7 Å². The number of aromatic nitrogens is 2. The second kappa shape index (κ2) is 20.2. The molecule has 0 radical (unpaired) electrons. The van der Waals surface area contributed by atoms with Crippen LogP contribution in [0.4, 0.5) is 21.6 Å². The third-order valence-corrected chi connectivity index (χ3v) is 12.5. The lowest BCUT2D eigenvalue weighted by Crippen LogP contribution is -2.59. The van der Waals surface area contributed by atoms with E-state index < -0.39 is 47.5 Å².